The molecule has 0 bridgehead atoms. The number of benzene rings is 2. The summed E-state index contributed by atoms with van der Waals surface area (Å²) in [4.78, 5) is 11.9. The van der Waals surface area contributed by atoms with Crippen molar-refractivity contribution in [3.8, 4) is 5.75 Å². The van der Waals surface area contributed by atoms with E-state index in [1.54, 1.807) is 0 Å². The number of hydrogen-bond donors (Lipinski definition) is 3. The van der Waals surface area contributed by atoms with Crippen LogP contribution in [0.2, 0.25) is 0 Å². The first-order valence-electron chi connectivity index (χ1n) is 16.0. The van der Waals surface area contributed by atoms with Crippen LogP contribution in [0.1, 0.15) is 97.8 Å². The van der Waals surface area contributed by atoms with Crippen molar-refractivity contribution in [1.29, 1.82) is 5.41 Å². The zero-order valence-electron chi connectivity index (χ0n) is 28.2. The summed E-state index contributed by atoms with van der Waals surface area (Å²) in [5.41, 5.74) is 4.10. The van der Waals surface area contributed by atoms with E-state index in [2.05, 4.69) is 51.3 Å². The molecule has 1 amide bonds. The van der Waals surface area contributed by atoms with Crippen LogP contribution < -0.4 is 15.4 Å². The van der Waals surface area contributed by atoms with E-state index in [9.17, 15) is 4.79 Å². The first-order chi connectivity index (χ1) is 21.2. The van der Waals surface area contributed by atoms with Crippen LogP contribution in [0.3, 0.4) is 0 Å². The molecule has 45 heavy (non-hydrogen) atoms. The highest BCUT2D eigenvalue weighted by molar-refractivity contribution is 6.56. The lowest BCUT2D eigenvalue weighted by molar-refractivity contribution is 0.00578. The molecule has 2 aromatic carbocycles. The molecule has 1 unspecified atom stereocenters. The summed E-state index contributed by atoms with van der Waals surface area (Å²) in [5.74, 6) is 0.685. The van der Waals surface area contributed by atoms with Crippen LogP contribution in [-0.4, -0.2) is 62.2 Å². The molecule has 10 heteroatoms. The van der Waals surface area contributed by atoms with E-state index in [0.29, 0.717) is 25.3 Å². The molecule has 4 rings (SSSR count). The van der Waals surface area contributed by atoms with Gasteiger partial charge < -0.3 is 39.6 Å². The SMILES string of the molecule is CC/C(B1OC(C)(C)C(C)(C)O1)=C(/c1ccc(OCCNC(=O)OC(C)(C)C)cc1)c1ccc(NC2CCCCO2)c(C=N)c1. The zero-order valence-corrected chi connectivity index (χ0v) is 28.2. The number of amides is 1. The highest BCUT2D eigenvalue weighted by atomic mass is 16.7. The van der Waals surface area contributed by atoms with Crippen molar-refractivity contribution in [1.82, 2.24) is 5.32 Å². The van der Waals surface area contributed by atoms with E-state index in [1.165, 1.54) is 6.21 Å². The molecule has 0 spiro atoms. The van der Waals surface area contributed by atoms with Gasteiger partial charge in [-0.3, -0.25) is 0 Å². The summed E-state index contributed by atoms with van der Waals surface area (Å²) in [6.07, 6.45) is 4.71. The van der Waals surface area contributed by atoms with Crippen LogP contribution in [-0.2, 0) is 18.8 Å². The minimum absolute atomic E-state index is 0.0545. The molecular formula is C35H50BN3O6. The number of rotatable bonds is 11. The molecule has 1 atom stereocenters. The van der Waals surface area contributed by atoms with E-state index < -0.39 is 30.0 Å². The number of anilines is 1. The predicted molar refractivity (Wildman–Crippen MR) is 180 cm³/mol. The monoisotopic (exact) mass is 619 g/mol. The number of allylic oxidation sites excluding steroid dienone is 1. The number of carbonyl (C=O) groups excluding carboxylic acids is 1. The summed E-state index contributed by atoms with van der Waals surface area (Å²) in [7, 11) is -0.526. The van der Waals surface area contributed by atoms with Crippen LogP contribution in [0.5, 0.6) is 5.75 Å². The van der Waals surface area contributed by atoms with Crippen LogP contribution in [0.15, 0.2) is 47.9 Å². The van der Waals surface area contributed by atoms with Gasteiger partial charge in [0.2, 0.25) is 0 Å². The topological polar surface area (TPSA) is 111 Å². The molecule has 0 aliphatic carbocycles. The minimum atomic E-state index is -0.552. The Bertz CT molecular complexity index is 1340. The lowest BCUT2D eigenvalue weighted by Crippen LogP contribution is -2.41. The third-order valence-corrected chi connectivity index (χ3v) is 8.41. The molecule has 2 aliphatic heterocycles. The Labute approximate surface area is 269 Å². The molecule has 2 aliphatic rings. The standard InChI is InChI=1S/C35H50BN3O6/c1-9-28(36-44-34(5,6)35(7,8)45-36)31(25-15-18-29(26(22-25)23-37)39-30-12-10-11-20-42-30)24-13-16-27(17-14-24)41-21-19-38-32(40)43-33(2,3)4/h13-18,22-23,30,37,39H,9-12,19-21H2,1-8H3,(H,38,40)/b31-28+,37-23?. The van der Waals surface area contributed by atoms with Crippen LogP contribution in [0.4, 0.5) is 10.5 Å². The van der Waals surface area contributed by atoms with Crippen LogP contribution in [0, 0.1) is 5.41 Å². The maximum Gasteiger partial charge on any atom is 0.491 e. The van der Waals surface area contributed by atoms with Gasteiger partial charge in [0.25, 0.3) is 0 Å². The normalized spacial score (nSPS) is 19.8. The second kappa shape index (κ2) is 14.4. The fraction of sp³-hybridized carbons (Fsp3) is 0.543. The van der Waals surface area contributed by atoms with Gasteiger partial charge in [-0.1, -0.05) is 25.1 Å². The lowest BCUT2D eigenvalue weighted by Gasteiger charge is -2.32. The molecule has 2 aromatic rings. The first-order valence-corrected chi connectivity index (χ1v) is 16.0. The Kier molecular flexibility index (Phi) is 11.0. The van der Waals surface area contributed by atoms with Crippen molar-refractivity contribution in [2.24, 2.45) is 0 Å². The van der Waals surface area contributed by atoms with Crippen molar-refractivity contribution < 1.29 is 28.3 Å². The second-order valence-electron chi connectivity index (χ2n) is 13.6. The van der Waals surface area contributed by atoms with E-state index in [4.69, 9.17) is 28.9 Å². The summed E-state index contributed by atoms with van der Waals surface area (Å²) >= 11 is 0. The summed E-state index contributed by atoms with van der Waals surface area (Å²) in [6, 6.07) is 14.1. The van der Waals surface area contributed by atoms with Crippen molar-refractivity contribution in [3.05, 3.63) is 64.6 Å². The second-order valence-corrected chi connectivity index (χ2v) is 13.6. The molecule has 2 fully saturated rings. The third kappa shape index (κ3) is 8.90. The van der Waals surface area contributed by atoms with Gasteiger partial charge in [0.1, 0.15) is 24.2 Å². The number of carbonyl (C=O) groups is 1. The van der Waals surface area contributed by atoms with Gasteiger partial charge in [0.15, 0.2) is 0 Å². The maximum absolute atomic E-state index is 11.9. The van der Waals surface area contributed by atoms with E-state index in [1.807, 2.05) is 57.2 Å². The van der Waals surface area contributed by atoms with Crippen LogP contribution in [0.25, 0.3) is 5.57 Å². The molecule has 2 saturated heterocycles. The van der Waals surface area contributed by atoms with Crippen molar-refractivity contribution >= 4 is 30.7 Å². The fourth-order valence-corrected chi connectivity index (χ4v) is 5.34. The molecule has 0 aromatic heterocycles. The van der Waals surface area contributed by atoms with Crippen molar-refractivity contribution in [3.63, 3.8) is 0 Å². The predicted octanol–water partition coefficient (Wildman–Crippen LogP) is 7.37. The van der Waals surface area contributed by atoms with Gasteiger partial charge in [0.05, 0.1) is 17.7 Å². The quantitative estimate of drug-likeness (QED) is 0.137. The number of nitrogens with one attached hydrogen (secondary N) is 3. The molecule has 0 radical (unpaired) electrons. The third-order valence-electron chi connectivity index (χ3n) is 8.41. The molecule has 2 heterocycles. The highest BCUT2D eigenvalue weighted by Gasteiger charge is 2.52. The van der Waals surface area contributed by atoms with Gasteiger partial charge in [-0.15, -0.1) is 0 Å². The minimum Gasteiger partial charge on any atom is -0.492 e. The Morgan fingerprint density at radius 1 is 1.04 bits per heavy atom. The van der Waals surface area contributed by atoms with Crippen molar-refractivity contribution in [2.75, 3.05) is 25.1 Å². The number of ether oxygens (including phenoxy) is 3. The molecule has 244 valence electrons. The molecular weight excluding hydrogens is 569 g/mol. The summed E-state index contributed by atoms with van der Waals surface area (Å²) in [6.45, 7) is 17.2. The maximum atomic E-state index is 11.9. The summed E-state index contributed by atoms with van der Waals surface area (Å²) in [5, 5.41) is 14.4. The van der Waals surface area contributed by atoms with E-state index in [-0.39, 0.29) is 6.23 Å². The molecule has 9 nitrogen and oxygen atoms in total. The first kappa shape index (κ1) is 34.5. The largest absolute Gasteiger partial charge is 0.492 e. The van der Waals surface area contributed by atoms with Gasteiger partial charge >= 0.3 is 13.2 Å². The zero-order chi connectivity index (χ0) is 32.8. The number of alkyl carbamates (subject to hydrolysis) is 1. The van der Waals surface area contributed by atoms with Gasteiger partial charge in [-0.05, 0) is 121 Å². The Morgan fingerprint density at radius 3 is 2.29 bits per heavy atom. The average molecular weight is 620 g/mol. The Balaban J connectivity index is 1.62. The lowest BCUT2D eigenvalue weighted by atomic mass is 9.70. The van der Waals surface area contributed by atoms with Gasteiger partial charge in [0, 0.05) is 24.1 Å². The molecule has 0 saturated carbocycles. The Hall–Kier alpha value is -3.34. The summed E-state index contributed by atoms with van der Waals surface area (Å²) < 4.78 is 30.2. The highest BCUT2D eigenvalue weighted by Crippen LogP contribution is 2.42. The van der Waals surface area contributed by atoms with E-state index >= 15 is 0 Å². The van der Waals surface area contributed by atoms with Crippen LogP contribution >= 0.6 is 0 Å². The average Bonchev–Trinajstić information content (AvgIpc) is 3.20. The molecule has 3 N–H and O–H groups in total. The number of hydrogen-bond acceptors (Lipinski definition) is 8. The smallest absolute Gasteiger partial charge is 0.491 e. The van der Waals surface area contributed by atoms with Gasteiger partial charge in [-0.25, -0.2) is 4.79 Å². The Morgan fingerprint density at radius 2 is 1.71 bits per heavy atom. The fourth-order valence-electron chi connectivity index (χ4n) is 5.34. The van der Waals surface area contributed by atoms with Gasteiger partial charge in [-0.2, -0.15) is 0 Å². The van der Waals surface area contributed by atoms with E-state index in [0.717, 1.165) is 59.3 Å². The van der Waals surface area contributed by atoms with Crippen molar-refractivity contribution in [2.45, 2.75) is 104 Å².